The number of nitrogens with one attached hydrogen (secondary N) is 1. The minimum atomic E-state index is -0.217. The number of carbonyl (C=O) groups excluding carboxylic acids is 1. The Kier molecular flexibility index (Phi) is 3.00. The highest BCUT2D eigenvalue weighted by Gasteiger charge is 2.35. The Hall–Kier alpha value is -0.960. The number of rotatable bonds is 3. The van der Waals surface area contributed by atoms with Crippen LogP contribution in [-0.2, 0) is 0 Å². The first-order valence-corrected chi connectivity index (χ1v) is 5.71. The molecule has 82 valence electrons. The molecule has 1 aliphatic carbocycles. The van der Waals surface area contributed by atoms with Crippen molar-refractivity contribution in [3.8, 4) is 0 Å². The second-order valence-corrected chi connectivity index (χ2v) is 4.32. The van der Waals surface area contributed by atoms with Crippen LogP contribution in [0.4, 0.5) is 0 Å². The largest absolute Gasteiger partial charge is 0.459 e. The van der Waals surface area contributed by atoms with Gasteiger partial charge in [-0.3, -0.25) is 4.79 Å². The molecule has 1 aromatic rings. The SMILES string of the molecule is O=C(NC1(CCl)CCCC1)c1ccco1. The van der Waals surface area contributed by atoms with E-state index < -0.39 is 0 Å². The summed E-state index contributed by atoms with van der Waals surface area (Å²) in [5.41, 5.74) is -0.217. The van der Waals surface area contributed by atoms with Crippen LogP contribution in [-0.4, -0.2) is 17.3 Å². The molecule has 0 bridgehead atoms. The monoisotopic (exact) mass is 227 g/mol. The summed E-state index contributed by atoms with van der Waals surface area (Å²) in [7, 11) is 0. The van der Waals surface area contributed by atoms with Gasteiger partial charge in [0.2, 0.25) is 0 Å². The number of carbonyl (C=O) groups is 1. The smallest absolute Gasteiger partial charge is 0.287 e. The van der Waals surface area contributed by atoms with Crippen molar-refractivity contribution in [3.63, 3.8) is 0 Å². The quantitative estimate of drug-likeness (QED) is 0.807. The van der Waals surface area contributed by atoms with E-state index >= 15 is 0 Å². The highest BCUT2D eigenvalue weighted by molar-refractivity contribution is 6.19. The zero-order valence-electron chi connectivity index (χ0n) is 8.46. The van der Waals surface area contributed by atoms with E-state index in [0.717, 1.165) is 25.7 Å². The molecule has 1 N–H and O–H groups in total. The van der Waals surface area contributed by atoms with Gasteiger partial charge in [0.05, 0.1) is 11.8 Å². The second kappa shape index (κ2) is 4.27. The standard InChI is InChI=1S/C11H14ClNO2/c12-8-11(5-1-2-6-11)13-10(14)9-4-3-7-15-9/h3-4,7H,1-2,5-6,8H2,(H,13,14). The molecular weight excluding hydrogens is 214 g/mol. The first kappa shape index (κ1) is 10.6. The molecule has 1 saturated carbocycles. The van der Waals surface area contributed by atoms with Gasteiger partial charge in [0, 0.05) is 5.88 Å². The lowest BCUT2D eigenvalue weighted by molar-refractivity contribution is 0.0881. The van der Waals surface area contributed by atoms with Gasteiger partial charge in [-0.2, -0.15) is 0 Å². The molecule has 0 unspecified atom stereocenters. The molecule has 0 aliphatic heterocycles. The third kappa shape index (κ3) is 2.17. The third-order valence-electron chi connectivity index (χ3n) is 2.94. The average molecular weight is 228 g/mol. The molecule has 0 spiro atoms. The topological polar surface area (TPSA) is 42.2 Å². The van der Waals surface area contributed by atoms with Crippen molar-refractivity contribution >= 4 is 17.5 Å². The van der Waals surface area contributed by atoms with Crippen LogP contribution >= 0.6 is 11.6 Å². The normalized spacial score (nSPS) is 19.0. The lowest BCUT2D eigenvalue weighted by Crippen LogP contribution is -2.47. The number of hydrogen-bond donors (Lipinski definition) is 1. The fraction of sp³-hybridized carbons (Fsp3) is 0.545. The fourth-order valence-corrected chi connectivity index (χ4v) is 2.39. The molecule has 0 saturated heterocycles. The number of halogens is 1. The van der Waals surface area contributed by atoms with E-state index in [-0.39, 0.29) is 11.4 Å². The van der Waals surface area contributed by atoms with Gasteiger partial charge in [-0.25, -0.2) is 0 Å². The second-order valence-electron chi connectivity index (χ2n) is 4.05. The Morgan fingerprint density at radius 1 is 1.53 bits per heavy atom. The number of furan rings is 1. The van der Waals surface area contributed by atoms with Crippen LogP contribution in [0.5, 0.6) is 0 Å². The van der Waals surface area contributed by atoms with Crippen molar-refractivity contribution in [2.24, 2.45) is 0 Å². The van der Waals surface area contributed by atoms with Crippen LogP contribution in [0.1, 0.15) is 36.2 Å². The fourth-order valence-electron chi connectivity index (χ4n) is 2.05. The maximum absolute atomic E-state index is 11.8. The molecule has 15 heavy (non-hydrogen) atoms. The molecule has 3 nitrogen and oxygen atoms in total. The molecule has 1 heterocycles. The molecule has 1 aromatic heterocycles. The van der Waals surface area contributed by atoms with E-state index in [2.05, 4.69) is 5.32 Å². The maximum atomic E-state index is 11.8. The molecule has 2 rings (SSSR count). The first-order valence-electron chi connectivity index (χ1n) is 5.18. The van der Waals surface area contributed by atoms with E-state index in [1.807, 2.05) is 0 Å². The highest BCUT2D eigenvalue weighted by atomic mass is 35.5. The van der Waals surface area contributed by atoms with Crippen molar-refractivity contribution in [2.45, 2.75) is 31.2 Å². The molecule has 1 amide bonds. The van der Waals surface area contributed by atoms with Gasteiger partial charge in [-0.1, -0.05) is 12.8 Å². The maximum Gasteiger partial charge on any atom is 0.287 e. The van der Waals surface area contributed by atoms with Gasteiger partial charge >= 0.3 is 0 Å². The lowest BCUT2D eigenvalue weighted by atomic mass is 10.0. The van der Waals surface area contributed by atoms with E-state index in [1.54, 1.807) is 12.1 Å². The number of alkyl halides is 1. The van der Waals surface area contributed by atoms with E-state index in [0.29, 0.717) is 11.6 Å². The Balaban J connectivity index is 2.04. The zero-order valence-corrected chi connectivity index (χ0v) is 9.22. The molecular formula is C11H14ClNO2. The van der Waals surface area contributed by atoms with Crippen LogP contribution in [0, 0.1) is 0 Å². The van der Waals surface area contributed by atoms with Gasteiger partial charge in [0.15, 0.2) is 5.76 Å². The van der Waals surface area contributed by atoms with Crippen molar-refractivity contribution < 1.29 is 9.21 Å². The summed E-state index contributed by atoms with van der Waals surface area (Å²) in [6.07, 6.45) is 5.68. The minimum absolute atomic E-state index is 0.164. The van der Waals surface area contributed by atoms with E-state index in [1.165, 1.54) is 6.26 Å². The van der Waals surface area contributed by atoms with Crippen LogP contribution in [0.3, 0.4) is 0 Å². The summed E-state index contributed by atoms with van der Waals surface area (Å²) in [6.45, 7) is 0. The van der Waals surface area contributed by atoms with Crippen LogP contribution in [0.25, 0.3) is 0 Å². The number of hydrogen-bond acceptors (Lipinski definition) is 2. The summed E-state index contributed by atoms with van der Waals surface area (Å²) in [4.78, 5) is 11.8. The van der Waals surface area contributed by atoms with E-state index in [9.17, 15) is 4.79 Å². The van der Waals surface area contributed by atoms with Crippen LogP contribution in [0.2, 0.25) is 0 Å². The predicted octanol–water partition coefficient (Wildman–Crippen LogP) is 2.56. The van der Waals surface area contributed by atoms with E-state index in [4.69, 9.17) is 16.0 Å². The highest BCUT2D eigenvalue weighted by Crippen LogP contribution is 2.30. The third-order valence-corrected chi connectivity index (χ3v) is 3.45. The van der Waals surface area contributed by atoms with Gasteiger partial charge in [0.25, 0.3) is 5.91 Å². The molecule has 4 heteroatoms. The first-order chi connectivity index (χ1) is 7.26. The molecule has 1 aliphatic rings. The van der Waals surface area contributed by atoms with Crippen molar-refractivity contribution in [2.75, 3.05) is 5.88 Å². The molecule has 0 aromatic carbocycles. The van der Waals surface area contributed by atoms with Crippen molar-refractivity contribution in [1.29, 1.82) is 0 Å². The number of amides is 1. The summed E-state index contributed by atoms with van der Waals surface area (Å²) in [6, 6.07) is 3.36. The molecule has 1 fully saturated rings. The van der Waals surface area contributed by atoms with Crippen molar-refractivity contribution in [3.05, 3.63) is 24.2 Å². The molecule has 0 atom stereocenters. The van der Waals surface area contributed by atoms with Gasteiger partial charge < -0.3 is 9.73 Å². The van der Waals surface area contributed by atoms with Gasteiger partial charge in [-0.05, 0) is 25.0 Å². The Morgan fingerprint density at radius 3 is 2.80 bits per heavy atom. The van der Waals surface area contributed by atoms with Crippen LogP contribution < -0.4 is 5.32 Å². The van der Waals surface area contributed by atoms with Crippen molar-refractivity contribution in [1.82, 2.24) is 5.32 Å². The van der Waals surface area contributed by atoms with Gasteiger partial charge in [-0.15, -0.1) is 11.6 Å². The predicted molar refractivity (Wildman–Crippen MR) is 58.1 cm³/mol. The average Bonchev–Trinajstić information content (AvgIpc) is 2.88. The summed E-state index contributed by atoms with van der Waals surface area (Å²) in [5, 5.41) is 2.98. The minimum Gasteiger partial charge on any atom is -0.459 e. The zero-order chi connectivity index (χ0) is 10.7. The summed E-state index contributed by atoms with van der Waals surface area (Å²) in [5.74, 6) is 0.661. The van der Waals surface area contributed by atoms with Gasteiger partial charge in [0.1, 0.15) is 0 Å². The Bertz CT molecular complexity index is 328. The molecule has 0 radical (unpaired) electrons. The Morgan fingerprint density at radius 2 is 2.27 bits per heavy atom. The lowest BCUT2D eigenvalue weighted by Gasteiger charge is -2.27. The summed E-state index contributed by atoms with van der Waals surface area (Å²) >= 11 is 5.92. The summed E-state index contributed by atoms with van der Waals surface area (Å²) < 4.78 is 5.04. The van der Waals surface area contributed by atoms with Crippen LogP contribution in [0.15, 0.2) is 22.8 Å². The Labute approximate surface area is 93.8 Å².